The van der Waals surface area contributed by atoms with Gasteiger partial charge in [-0.3, -0.25) is 4.79 Å². The summed E-state index contributed by atoms with van der Waals surface area (Å²) in [5, 5.41) is 2.56. The number of hydrogen-bond acceptors (Lipinski definition) is 3. The predicted octanol–water partition coefficient (Wildman–Crippen LogP) is 3.06. The lowest BCUT2D eigenvalue weighted by Crippen LogP contribution is -2.20. The number of carbonyl (C=O) groups excluding carboxylic acids is 1. The van der Waals surface area contributed by atoms with Crippen molar-refractivity contribution in [3.63, 3.8) is 0 Å². The van der Waals surface area contributed by atoms with E-state index in [9.17, 15) is 17.6 Å². The van der Waals surface area contributed by atoms with Crippen LogP contribution in [0.4, 0.5) is 10.1 Å². The van der Waals surface area contributed by atoms with Gasteiger partial charge >= 0.3 is 0 Å². The van der Waals surface area contributed by atoms with Crippen molar-refractivity contribution in [3.8, 4) is 0 Å². The number of benzene rings is 2. The molecule has 2 aromatic rings. The monoisotopic (exact) mass is 400 g/mol. The van der Waals surface area contributed by atoms with Crippen LogP contribution in [0.5, 0.6) is 0 Å². The molecule has 5 nitrogen and oxygen atoms in total. The van der Waals surface area contributed by atoms with Gasteiger partial charge < -0.3 is 5.32 Å². The van der Waals surface area contributed by atoms with Gasteiger partial charge in [-0.15, -0.1) is 0 Å². The minimum absolute atomic E-state index is 0.0658. The summed E-state index contributed by atoms with van der Waals surface area (Å²) in [6.07, 6.45) is 0. The van der Waals surface area contributed by atoms with Gasteiger partial charge in [-0.05, 0) is 65.8 Å². The highest BCUT2D eigenvalue weighted by atomic mass is 79.9. The van der Waals surface area contributed by atoms with Gasteiger partial charge in [0.25, 0.3) is 5.91 Å². The third-order valence-corrected chi connectivity index (χ3v) is 5.43. The van der Waals surface area contributed by atoms with Crippen LogP contribution in [0.3, 0.4) is 0 Å². The van der Waals surface area contributed by atoms with E-state index in [1.165, 1.54) is 25.2 Å². The number of anilines is 1. The van der Waals surface area contributed by atoms with Gasteiger partial charge in [0, 0.05) is 10.2 Å². The molecule has 2 aromatic carbocycles. The summed E-state index contributed by atoms with van der Waals surface area (Å²) in [4.78, 5) is 12.3. The molecule has 0 radical (unpaired) electrons. The molecule has 0 unspecified atom stereocenters. The molecule has 0 bridgehead atoms. The van der Waals surface area contributed by atoms with Gasteiger partial charge in [-0.1, -0.05) is 6.07 Å². The Labute approximate surface area is 142 Å². The molecular formula is C15H14BrFN2O3S. The maximum absolute atomic E-state index is 13.3. The maximum Gasteiger partial charge on any atom is 0.256 e. The summed E-state index contributed by atoms with van der Waals surface area (Å²) in [5.74, 6) is -1.09. The van der Waals surface area contributed by atoms with Crippen molar-refractivity contribution >= 4 is 37.5 Å². The van der Waals surface area contributed by atoms with E-state index in [1.807, 2.05) is 0 Å². The largest absolute Gasteiger partial charge is 0.322 e. The fourth-order valence-electron chi connectivity index (χ4n) is 1.95. The smallest absolute Gasteiger partial charge is 0.256 e. The molecule has 0 fully saturated rings. The lowest BCUT2D eigenvalue weighted by atomic mass is 10.2. The van der Waals surface area contributed by atoms with Crippen molar-refractivity contribution in [2.75, 3.05) is 12.4 Å². The number of hydrogen-bond donors (Lipinski definition) is 2. The molecule has 0 heterocycles. The Morgan fingerprint density at radius 2 is 1.87 bits per heavy atom. The van der Waals surface area contributed by atoms with Crippen LogP contribution >= 0.6 is 15.9 Å². The molecule has 0 aliphatic heterocycles. The van der Waals surface area contributed by atoms with E-state index in [0.29, 0.717) is 15.7 Å². The highest BCUT2D eigenvalue weighted by Crippen LogP contribution is 2.22. The van der Waals surface area contributed by atoms with Crippen LogP contribution < -0.4 is 10.0 Å². The minimum Gasteiger partial charge on any atom is -0.322 e. The highest BCUT2D eigenvalue weighted by molar-refractivity contribution is 9.10. The van der Waals surface area contributed by atoms with Crippen LogP contribution in [0, 0.1) is 12.7 Å². The van der Waals surface area contributed by atoms with Crippen LogP contribution in [0.1, 0.15) is 15.9 Å². The molecule has 0 aliphatic rings. The molecule has 0 aromatic heterocycles. The zero-order chi connectivity index (χ0) is 17.2. The number of amides is 1. The standard InChI is InChI=1S/C15H14BrFN2O3S/c1-9-3-5-11(8-14(9)23(21,22)18-2)19-15(20)12-7-10(17)4-6-13(12)16/h3-8,18H,1-2H3,(H,19,20). The zero-order valence-electron chi connectivity index (χ0n) is 12.4. The summed E-state index contributed by atoms with van der Waals surface area (Å²) in [7, 11) is -2.33. The third-order valence-electron chi connectivity index (χ3n) is 3.18. The summed E-state index contributed by atoms with van der Waals surface area (Å²) in [5.41, 5.74) is 0.957. The molecule has 0 aliphatic carbocycles. The maximum atomic E-state index is 13.3. The quantitative estimate of drug-likeness (QED) is 0.827. The number of carbonyl (C=O) groups is 1. The molecule has 0 saturated heterocycles. The van der Waals surface area contributed by atoms with Crippen LogP contribution in [-0.4, -0.2) is 21.4 Å². The molecule has 2 rings (SSSR count). The van der Waals surface area contributed by atoms with Crippen LogP contribution in [0.2, 0.25) is 0 Å². The molecule has 1 amide bonds. The second-order valence-electron chi connectivity index (χ2n) is 4.77. The van der Waals surface area contributed by atoms with Crippen molar-refractivity contribution in [3.05, 3.63) is 57.8 Å². The fourth-order valence-corrected chi connectivity index (χ4v) is 3.37. The first-order chi connectivity index (χ1) is 10.7. The molecule has 0 atom stereocenters. The Hall–Kier alpha value is -1.77. The number of aryl methyl sites for hydroxylation is 1. The van der Waals surface area contributed by atoms with E-state index < -0.39 is 21.7 Å². The van der Waals surface area contributed by atoms with E-state index in [1.54, 1.807) is 19.1 Å². The third kappa shape index (κ3) is 3.95. The van der Waals surface area contributed by atoms with E-state index in [2.05, 4.69) is 26.0 Å². The van der Waals surface area contributed by atoms with E-state index in [4.69, 9.17) is 0 Å². The number of rotatable bonds is 4. The molecule has 23 heavy (non-hydrogen) atoms. The van der Waals surface area contributed by atoms with Gasteiger partial charge in [0.15, 0.2) is 0 Å². The van der Waals surface area contributed by atoms with Gasteiger partial charge in [0.05, 0.1) is 10.5 Å². The van der Waals surface area contributed by atoms with Crippen molar-refractivity contribution in [1.82, 2.24) is 4.72 Å². The van der Waals surface area contributed by atoms with Gasteiger partial charge in [0.1, 0.15) is 5.82 Å². The molecule has 122 valence electrons. The van der Waals surface area contributed by atoms with Crippen molar-refractivity contribution < 1.29 is 17.6 Å². The molecular weight excluding hydrogens is 387 g/mol. The van der Waals surface area contributed by atoms with Crippen molar-refractivity contribution in [1.29, 1.82) is 0 Å². The average Bonchev–Trinajstić information content (AvgIpc) is 2.51. The molecule has 2 N–H and O–H groups in total. The summed E-state index contributed by atoms with van der Waals surface area (Å²) >= 11 is 3.18. The fraction of sp³-hybridized carbons (Fsp3) is 0.133. The number of halogens is 2. The topological polar surface area (TPSA) is 75.3 Å². The van der Waals surface area contributed by atoms with Gasteiger partial charge in [-0.2, -0.15) is 0 Å². The Kier molecular flexibility index (Phi) is 5.18. The second kappa shape index (κ2) is 6.77. The Morgan fingerprint density at radius 3 is 2.52 bits per heavy atom. The SMILES string of the molecule is CNS(=O)(=O)c1cc(NC(=O)c2cc(F)ccc2Br)ccc1C. The first-order valence-electron chi connectivity index (χ1n) is 6.55. The Balaban J connectivity index is 2.36. The normalized spacial score (nSPS) is 11.3. The summed E-state index contributed by atoms with van der Waals surface area (Å²) < 4.78 is 39.8. The number of sulfonamides is 1. The number of nitrogens with one attached hydrogen (secondary N) is 2. The molecule has 0 saturated carbocycles. The first-order valence-corrected chi connectivity index (χ1v) is 8.83. The first kappa shape index (κ1) is 17.6. The lowest BCUT2D eigenvalue weighted by Gasteiger charge is -2.11. The lowest BCUT2D eigenvalue weighted by molar-refractivity contribution is 0.102. The zero-order valence-corrected chi connectivity index (χ0v) is 14.8. The molecule has 0 spiro atoms. The minimum atomic E-state index is -3.64. The predicted molar refractivity (Wildman–Crippen MR) is 89.5 cm³/mol. The van der Waals surface area contributed by atoms with Crippen LogP contribution in [0.15, 0.2) is 45.8 Å². The van der Waals surface area contributed by atoms with E-state index in [0.717, 1.165) is 6.07 Å². The molecule has 8 heteroatoms. The average molecular weight is 401 g/mol. The van der Waals surface area contributed by atoms with Gasteiger partial charge in [-0.25, -0.2) is 17.5 Å². The van der Waals surface area contributed by atoms with Crippen LogP contribution in [0.25, 0.3) is 0 Å². The Morgan fingerprint density at radius 1 is 1.17 bits per heavy atom. The van der Waals surface area contributed by atoms with Crippen molar-refractivity contribution in [2.24, 2.45) is 0 Å². The summed E-state index contributed by atoms with van der Waals surface area (Å²) in [6, 6.07) is 8.27. The Bertz CT molecular complexity index is 869. The van der Waals surface area contributed by atoms with E-state index >= 15 is 0 Å². The summed E-state index contributed by atoms with van der Waals surface area (Å²) in [6.45, 7) is 1.65. The van der Waals surface area contributed by atoms with Crippen LogP contribution in [-0.2, 0) is 10.0 Å². The highest BCUT2D eigenvalue weighted by Gasteiger charge is 2.17. The second-order valence-corrected chi connectivity index (χ2v) is 7.48. The van der Waals surface area contributed by atoms with Gasteiger partial charge in [0.2, 0.25) is 10.0 Å². The van der Waals surface area contributed by atoms with Crippen molar-refractivity contribution in [2.45, 2.75) is 11.8 Å². The van der Waals surface area contributed by atoms with E-state index in [-0.39, 0.29) is 10.5 Å².